The van der Waals surface area contributed by atoms with Gasteiger partial charge in [0.05, 0.1) is 0 Å². The van der Waals surface area contributed by atoms with Crippen LogP contribution < -0.4 is 0 Å². The molecule has 0 aromatic carbocycles. The van der Waals surface area contributed by atoms with Crippen LogP contribution in [0.1, 0.15) is 11.3 Å². The van der Waals surface area contributed by atoms with Gasteiger partial charge in [0.15, 0.2) is 0 Å². The lowest BCUT2D eigenvalue weighted by molar-refractivity contribution is 1.11. The zero-order chi connectivity index (χ0) is 7.56. The lowest BCUT2D eigenvalue weighted by Crippen LogP contribution is -1.90. The van der Waals surface area contributed by atoms with Crippen molar-refractivity contribution in [1.29, 1.82) is 0 Å². The molecule has 0 aliphatic rings. The molecule has 0 aliphatic heterocycles. The van der Waals surface area contributed by atoms with E-state index in [0.29, 0.717) is 5.69 Å². The third-order valence-electron chi connectivity index (χ3n) is 1.08. The SMILES string of the molecule is C#Cc1nc(Cl)ncc1C. The third-order valence-corrected chi connectivity index (χ3v) is 1.26. The second-order valence-corrected chi connectivity index (χ2v) is 2.15. The summed E-state index contributed by atoms with van der Waals surface area (Å²) in [4.78, 5) is 7.56. The van der Waals surface area contributed by atoms with Gasteiger partial charge >= 0.3 is 0 Å². The Morgan fingerprint density at radius 3 is 2.90 bits per heavy atom. The molecule has 0 atom stereocenters. The first kappa shape index (κ1) is 7.04. The molecule has 1 aromatic rings. The van der Waals surface area contributed by atoms with Gasteiger partial charge in [-0.05, 0) is 24.4 Å². The number of halogens is 1. The Bertz CT molecular complexity index is 288. The normalized spacial score (nSPS) is 8.90. The summed E-state index contributed by atoms with van der Waals surface area (Å²) in [6.07, 6.45) is 6.72. The maximum atomic E-state index is 5.48. The summed E-state index contributed by atoms with van der Waals surface area (Å²) in [5, 5.41) is 0.193. The van der Waals surface area contributed by atoms with Crippen LogP contribution in [0.4, 0.5) is 0 Å². The number of hydrogen-bond acceptors (Lipinski definition) is 2. The Morgan fingerprint density at radius 1 is 1.70 bits per heavy atom. The van der Waals surface area contributed by atoms with E-state index in [1.165, 1.54) is 0 Å². The van der Waals surface area contributed by atoms with Gasteiger partial charge in [-0.15, -0.1) is 6.42 Å². The molecule has 0 fully saturated rings. The highest BCUT2D eigenvalue weighted by molar-refractivity contribution is 6.28. The van der Waals surface area contributed by atoms with Crippen molar-refractivity contribution in [3.05, 3.63) is 22.7 Å². The van der Waals surface area contributed by atoms with E-state index in [1.807, 2.05) is 6.92 Å². The van der Waals surface area contributed by atoms with Gasteiger partial charge in [-0.1, -0.05) is 0 Å². The first-order valence-electron chi connectivity index (χ1n) is 2.70. The highest BCUT2D eigenvalue weighted by Crippen LogP contribution is 2.04. The Balaban J connectivity index is 3.25. The molecule has 0 spiro atoms. The molecule has 0 saturated carbocycles. The van der Waals surface area contributed by atoms with E-state index in [4.69, 9.17) is 18.0 Å². The number of aryl methyl sites for hydroxylation is 1. The van der Waals surface area contributed by atoms with Gasteiger partial charge in [0.1, 0.15) is 5.69 Å². The average molecular weight is 153 g/mol. The van der Waals surface area contributed by atoms with Gasteiger partial charge in [-0.3, -0.25) is 0 Å². The van der Waals surface area contributed by atoms with Crippen LogP contribution in [0.2, 0.25) is 5.28 Å². The van der Waals surface area contributed by atoms with Crippen LogP contribution >= 0.6 is 11.6 Å². The van der Waals surface area contributed by atoms with Crippen molar-refractivity contribution in [2.75, 3.05) is 0 Å². The van der Waals surface area contributed by atoms with Crippen LogP contribution in [0.5, 0.6) is 0 Å². The number of nitrogens with zero attached hydrogens (tertiary/aromatic N) is 2. The molecule has 0 N–H and O–H groups in total. The lowest BCUT2D eigenvalue weighted by Gasteiger charge is -1.94. The van der Waals surface area contributed by atoms with E-state index in [-0.39, 0.29) is 5.28 Å². The molecule has 0 unspecified atom stereocenters. The van der Waals surface area contributed by atoms with Crippen molar-refractivity contribution in [2.24, 2.45) is 0 Å². The predicted molar refractivity (Wildman–Crippen MR) is 39.7 cm³/mol. The van der Waals surface area contributed by atoms with Crippen molar-refractivity contribution in [2.45, 2.75) is 6.92 Å². The molecular weight excluding hydrogens is 148 g/mol. The molecule has 0 bridgehead atoms. The number of aromatic nitrogens is 2. The van der Waals surface area contributed by atoms with Crippen LogP contribution in [-0.2, 0) is 0 Å². The standard InChI is InChI=1S/C7H5ClN2/c1-3-6-5(2)4-9-7(8)10-6/h1,4H,2H3. The van der Waals surface area contributed by atoms with Gasteiger partial charge < -0.3 is 0 Å². The zero-order valence-corrected chi connectivity index (χ0v) is 6.18. The van der Waals surface area contributed by atoms with Gasteiger partial charge in [0, 0.05) is 11.8 Å². The molecule has 0 radical (unpaired) electrons. The minimum Gasteiger partial charge on any atom is -0.226 e. The second kappa shape index (κ2) is 2.68. The van der Waals surface area contributed by atoms with Crippen molar-refractivity contribution in [3.63, 3.8) is 0 Å². The van der Waals surface area contributed by atoms with Gasteiger partial charge in [0.2, 0.25) is 5.28 Å². The Kier molecular flexibility index (Phi) is 1.88. The smallest absolute Gasteiger partial charge is 0.223 e. The van der Waals surface area contributed by atoms with E-state index >= 15 is 0 Å². The summed E-state index contributed by atoms with van der Waals surface area (Å²) in [5.41, 5.74) is 1.42. The predicted octanol–water partition coefficient (Wildman–Crippen LogP) is 1.42. The molecule has 0 saturated heterocycles. The highest BCUT2D eigenvalue weighted by Gasteiger charge is 1.96. The fourth-order valence-electron chi connectivity index (χ4n) is 0.567. The van der Waals surface area contributed by atoms with Gasteiger partial charge in [-0.2, -0.15) is 0 Å². The summed E-state index contributed by atoms with van der Waals surface area (Å²) in [6, 6.07) is 0. The van der Waals surface area contributed by atoms with Crippen molar-refractivity contribution in [1.82, 2.24) is 9.97 Å². The molecule has 1 rings (SSSR count). The summed E-state index contributed by atoms with van der Waals surface area (Å²) >= 11 is 5.48. The van der Waals surface area contributed by atoms with Crippen LogP contribution in [0.15, 0.2) is 6.20 Å². The van der Waals surface area contributed by atoms with Gasteiger partial charge in [-0.25, -0.2) is 9.97 Å². The first-order valence-corrected chi connectivity index (χ1v) is 3.07. The second-order valence-electron chi connectivity index (χ2n) is 1.81. The zero-order valence-electron chi connectivity index (χ0n) is 5.43. The highest BCUT2D eigenvalue weighted by atomic mass is 35.5. The lowest BCUT2D eigenvalue weighted by atomic mass is 10.3. The average Bonchev–Trinajstić information content (AvgIpc) is 1.94. The van der Waals surface area contributed by atoms with Crippen LogP contribution in [0.25, 0.3) is 0 Å². The fourth-order valence-corrected chi connectivity index (χ4v) is 0.700. The fraction of sp³-hybridized carbons (Fsp3) is 0.143. The van der Waals surface area contributed by atoms with Crippen molar-refractivity contribution < 1.29 is 0 Å². The number of hydrogen-bond donors (Lipinski definition) is 0. The molecule has 50 valence electrons. The molecule has 1 aromatic heterocycles. The monoisotopic (exact) mass is 152 g/mol. The van der Waals surface area contributed by atoms with Crippen molar-refractivity contribution >= 4 is 11.6 Å². The maximum Gasteiger partial charge on any atom is 0.223 e. The maximum absolute atomic E-state index is 5.48. The quantitative estimate of drug-likeness (QED) is 0.415. The molecular formula is C7H5ClN2. The minimum absolute atomic E-state index is 0.193. The number of rotatable bonds is 0. The summed E-state index contributed by atoms with van der Waals surface area (Å²) in [7, 11) is 0. The van der Waals surface area contributed by atoms with E-state index in [9.17, 15) is 0 Å². The molecule has 3 heteroatoms. The summed E-state index contributed by atoms with van der Waals surface area (Å²) in [5.74, 6) is 2.40. The van der Waals surface area contributed by atoms with Crippen LogP contribution in [0, 0.1) is 19.3 Å². The number of terminal acetylenes is 1. The van der Waals surface area contributed by atoms with E-state index < -0.39 is 0 Å². The third kappa shape index (κ3) is 1.26. The first-order chi connectivity index (χ1) is 4.74. The molecule has 0 amide bonds. The summed E-state index contributed by atoms with van der Waals surface area (Å²) < 4.78 is 0. The van der Waals surface area contributed by atoms with E-state index in [0.717, 1.165) is 5.56 Å². The van der Waals surface area contributed by atoms with Gasteiger partial charge in [0.25, 0.3) is 0 Å². The van der Waals surface area contributed by atoms with Crippen molar-refractivity contribution in [3.8, 4) is 12.3 Å². The largest absolute Gasteiger partial charge is 0.226 e. The Labute approximate surface area is 64.3 Å². The Morgan fingerprint density at radius 2 is 2.40 bits per heavy atom. The molecule has 2 nitrogen and oxygen atoms in total. The summed E-state index contributed by atoms with van der Waals surface area (Å²) in [6.45, 7) is 1.84. The Hall–Kier alpha value is -1.07. The molecule has 10 heavy (non-hydrogen) atoms. The topological polar surface area (TPSA) is 25.8 Å². The van der Waals surface area contributed by atoms with E-state index in [1.54, 1.807) is 6.20 Å². The molecule has 0 aliphatic carbocycles. The minimum atomic E-state index is 0.193. The van der Waals surface area contributed by atoms with E-state index in [2.05, 4.69) is 15.9 Å². The van der Waals surface area contributed by atoms with Crippen LogP contribution in [-0.4, -0.2) is 9.97 Å². The molecule has 1 heterocycles. The van der Waals surface area contributed by atoms with Crippen LogP contribution in [0.3, 0.4) is 0 Å².